The molecule has 2 amide bonds. The summed E-state index contributed by atoms with van der Waals surface area (Å²) in [5.74, 6) is -2.00. The smallest absolute Gasteiger partial charge is 0.340 e. The van der Waals surface area contributed by atoms with E-state index in [1.807, 2.05) is 0 Å². The second kappa shape index (κ2) is 11.0. The molecular formula is C36H48N2O10. The maximum absolute atomic E-state index is 14.0. The summed E-state index contributed by atoms with van der Waals surface area (Å²) in [5.41, 5.74) is -4.15. The maximum Gasteiger partial charge on any atom is 0.340 e. The number of carbonyl (C=O) groups is 3. The summed E-state index contributed by atoms with van der Waals surface area (Å²) in [5, 5.41) is 26.5. The highest BCUT2D eigenvalue weighted by atomic mass is 16.5. The fraction of sp³-hybridized carbons (Fsp3) is 0.750. The van der Waals surface area contributed by atoms with Gasteiger partial charge in [0, 0.05) is 82.8 Å². The summed E-state index contributed by atoms with van der Waals surface area (Å²) in [7, 11) is 6.70. The number of piperidine rings is 1. The van der Waals surface area contributed by atoms with Crippen LogP contribution in [0.15, 0.2) is 24.3 Å². The van der Waals surface area contributed by atoms with Crippen LogP contribution in [-0.4, -0.2) is 123 Å². The summed E-state index contributed by atoms with van der Waals surface area (Å²) in [6, 6.07) is 6.11. The number of likely N-dealkylation sites (tertiary alicyclic amines) is 1. The number of ether oxygens (including phenoxy) is 5. The van der Waals surface area contributed by atoms with Crippen molar-refractivity contribution in [3.8, 4) is 0 Å². The van der Waals surface area contributed by atoms with Crippen molar-refractivity contribution in [2.24, 2.45) is 34.5 Å². The highest BCUT2D eigenvalue weighted by molar-refractivity contribution is 6.21. The molecule has 13 atom stereocenters. The van der Waals surface area contributed by atoms with Gasteiger partial charge < -0.3 is 33.9 Å². The van der Waals surface area contributed by atoms with Crippen LogP contribution in [0.1, 0.15) is 55.8 Å². The first-order valence-electron chi connectivity index (χ1n) is 17.5. The van der Waals surface area contributed by atoms with E-state index in [9.17, 15) is 24.6 Å². The third-order valence-electron chi connectivity index (χ3n) is 14.2. The number of nitrogens with zero attached hydrogens (tertiary/aromatic N) is 2. The van der Waals surface area contributed by atoms with Gasteiger partial charge in [-0.05, 0) is 43.9 Å². The quantitative estimate of drug-likeness (QED) is 0.294. The van der Waals surface area contributed by atoms with Crippen LogP contribution in [0, 0.1) is 34.5 Å². The van der Waals surface area contributed by atoms with E-state index in [1.165, 1.54) is 0 Å². The molecule has 7 aliphatic rings. The highest BCUT2D eigenvalue weighted by Crippen LogP contribution is 2.80. The Morgan fingerprint density at radius 1 is 1.00 bits per heavy atom. The Labute approximate surface area is 280 Å². The average molecular weight is 669 g/mol. The molecule has 12 heteroatoms. The van der Waals surface area contributed by atoms with Crippen molar-refractivity contribution in [2.75, 3.05) is 53.0 Å². The standard InChI is InChI=1S/C36H48N2O10/c1-6-37-17-33(18-48-31(41)19-9-7-8-10-22(19)38-25(39)11-12-26(38)40)14-13-24(45-3)35-21-15-20-23(44-2)16-34(42,27(21)28(20)46-4)36(43,32(35)37)30(47-5)29(33)35/h7-10,20-21,23-24,27-30,32,42-43H,6,11-18H2,1-5H3/t20-,21-,23+,24+,27-,28+,29-,30+,32?,33+,34-,35+,36-/m1/s1. The lowest BCUT2D eigenvalue weighted by Gasteiger charge is -2.70. The van der Waals surface area contributed by atoms with Crippen molar-refractivity contribution >= 4 is 23.5 Å². The van der Waals surface area contributed by atoms with Gasteiger partial charge in [0.05, 0.1) is 48.3 Å². The third-order valence-corrected chi connectivity index (χ3v) is 14.2. The highest BCUT2D eigenvalue weighted by Gasteiger charge is 2.91. The first-order valence-corrected chi connectivity index (χ1v) is 17.5. The molecule has 5 aliphatic carbocycles. The van der Waals surface area contributed by atoms with Crippen molar-refractivity contribution in [1.82, 2.24) is 4.90 Å². The van der Waals surface area contributed by atoms with E-state index in [4.69, 9.17) is 23.7 Å². The molecule has 12 nitrogen and oxygen atoms in total. The summed E-state index contributed by atoms with van der Waals surface area (Å²) >= 11 is 0. The SMILES string of the molecule is CCN1C[C@]2(COC(=O)c3ccccc3N3C(=O)CCC3=O)CC[C@H](OC)[C@]34C1[C@](O)([C@@H](OC)[C@H]23)[C@@]1(O)C[C@H](OC)[C@H]2C[C@@H]4[C@@H]1[C@H]2OC. The lowest BCUT2D eigenvalue weighted by molar-refractivity contribution is -0.320. The van der Waals surface area contributed by atoms with Crippen molar-refractivity contribution in [2.45, 2.75) is 87.1 Å². The molecule has 262 valence electrons. The number of esters is 1. The zero-order valence-corrected chi connectivity index (χ0v) is 28.4. The summed E-state index contributed by atoms with van der Waals surface area (Å²) in [4.78, 5) is 42.6. The van der Waals surface area contributed by atoms with Crippen molar-refractivity contribution in [3.05, 3.63) is 29.8 Å². The second-order valence-electron chi connectivity index (χ2n) is 15.4. The number of methoxy groups -OCH3 is 4. The number of aliphatic hydroxyl groups is 2. The predicted octanol–water partition coefficient (Wildman–Crippen LogP) is 1.79. The molecule has 0 radical (unpaired) electrons. The van der Waals surface area contributed by atoms with Gasteiger partial charge in [0.1, 0.15) is 11.2 Å². The van der Waals surface area contributed by atoms with E-state index in [1.54, 1.807) is 52.7 Å². The molecule has 2 aliphatic heterocycles. The number of amides is 2. The van der Waals surface area contributed by atoms with E-state index in [2.05, 4.69) is 11.8 Å². The van der Waals surface area contributed by atoms with Crippen LogP contribution < -0.4 is 4.90 Å². The second-order valence-corrected chi connectivity index (χ2v) is 15.4. The minimum Gasteiger partial charge on any atom is -0.461 e. The van der Waals surface area contributed by atoms with Crippen LogP contribution in [0.3, 0.4) is 0 Å². The Bertz CT molecular complexity index is 1510. The van der Waals surface area contributed by atoms with Gasteiger partial charge in [-0.25, -0.2) is 9.69 Å². The molecule has 48 heavy (non-hydrogen) atoms. The van der Waals surface area contributed by atoms with Crippen molar-refractivity contribution in [1.29, 1.82) is 0 Å². The van der Waals surface area contributed by atoms with Crippen LogP contribution in [-0.2, 0) is 33.3 Å². The number of benzene rings is 1. The predicted molar refractivity (Wildman–Crippen MR) is 170 cm³/mol. The van der Waals surface area contributed by atoms with Gasteiger partial charge in [0.25, 0.3) is 0 Å². The Balaban J connectivity index is 1.24. The molecule has 7 bridgehead atoms. The fourth-order valence-electron chi connectivity index (χ4n) is 13.0. The molecule has 7 fully saturated rings. The van der Waals surface area contributed by atoms with Gasteiger partial charge in [0.15, 0.2) is 0 Å². The van der Waals surface area contributed by atoms with Gasteiger partial charge in [-0.1, -0.05) is 19.1 Å². The number of imide groups is 1. The van der Waals surface area contributed by atoms with Gasteiger partial charge in [0.2, 0.25) is 11.8 Å². The Hall–Kier alpha value is -2.45. The van der Waals surface area contributed by atoms with Crippen LogP contribution in [0.25, 0.3) is 0 Å². The van der Waals surface area contributed by atoms with Gasteiger partial charge in [-0.3, -0.25) is 14.5 Å². The van der Waals surface area contributed by atoms with Gasteiger partial charge in [-0.2, -0.15) is 0 Å². The monoisotopic (exact) mass is 668 g/mol. The molecule has 1 aromatic rings. The van der Waals surface area contributed by atoms with Crippen molar-refractivity contribution < 1.29 is 48.3 Å². The fourth-order valence-corrected chi connectivity index (χ4v) is 13.0. The lowest BCUT2D eigenvalue weighted by atomic mass is 9.42. The first kappa shape index (κ1) is 32.7. The third kappa shape index (κ3) is 3.67. The van der Waals surface area contributed by atoms with Crippen LogP contribution in [0.2, 0.25) is 0 Å². The molecule has 5 saturated carbocycles. The number of rotatable bonds is 9. The molecule has 1 aromatic carbocycles. The number of hydrogen-bond acceptors (Lipinski definition) is 11. The minimum atomic E-state index is -1.69. The number of fused-ring (bicyclic) bond motifs is 2. The zero-order chi connectivity index (χ0) is 34.0. The maximum atomic E-state index is 14.0. The van der Waals surface area contributed by atoms with E-state index in [-0.39, 0.29) is 90.9 Å². The van der Waals surface area contributed by atoms with E-state index < -0.39 is 40.1 Å². The van der Waals surface area contributed by atoms with E-state index in [0.717, 1.165) is 11.3 Å². The molecule has 1 spiro atoms. The molecule has 2 heterocycles. The van der Waals surface area contributed by atoms with Gasteiger partial charge in [-0.15, -0.1) is 0 Å². The topological polar surface area (TPSA) is 144 Å². The number of hydrogen-bond donors (Lipinski definition) is 2. The number of carbonyl (C=O) groups excluding carboxylic acids is 3. The lowest BCUT2D eigenvalue weighted by Crippen LogP contribution is -2.82. The summed E-state index contributed by atoms with van der Waals surface area (Å²) < 4.78 is 31.3. The molecular weight excluding hydrogens is 620 g/mol. The number of para-hydroxylation sites is 1. The van der Waals surface area contributed by atoms with Crippen LogP contribution in [0.5, 0.6) is 0 Å². The van der Waals surface area contributed by atoms with Crippen LogP contribution in [0.4, 0.5) is 5.69 Å². The normalized spacial score (nSPS) is 47.1. The molecule has 1 unspecified atom stereocenters. The molecule has 2 N–H and O–H groups in total. The minimum absolute atomic E-state index is 0.0394. The largest absolute Gasteiger partial charge is 0.461 e. The van der Waals surface area contributed by atoms with E-state index >= 15 is 0 Å². The first-order chi connectivity index (χ1) is 23.0. The summed E-state index contributed by atoms with van der Waals surface area (Å²) in [6.07, 6.45) is 0.951. The number of likely N-dealkylation sites (N-methyl/N-ethyl adjacent to an activating group) is 1. The molecule has 0 aromatic heterocycles. The Kier molecular flexibility index (Phi) is 7.52. The van der Waals surface area contributed by atoms with E-state index in [0.29, 0.717) is 25.9 Å². The molecule has 2 saturated heterocycles. The summed E-state index contributed by atoms with van der Waals surface area (Å²) in [6.45, 7) is 3.24. The number of anilines is 1. The Morgan fingerprint density at radius 2 is 1.73 bits per heavy atom. The average Bonchev–Trinajstić information content (AvgIpc) is 3.66. The van der Waals surface area contributed by atoms with Gasteiger partial charge >= 0.3 is 5.97 Å². The van der Waals surface area contributed by atoms with Crippen molar-refractivity contribution in [3.63, 3.8) is 0 Å². The van der Waals surface area contributed by atoms with Crippen LogP contribution >= 0.6 is 0 Å². The zero-order valence-electron chi connectivity index (χ0n) is 28.4. The Morgan fingerprint density at radius 3 is 2.38 bits per heavy atom. The molecule has 8 rings (SSSR count).